The number of hydrogen-bond donors (Lipinski definition) is 3. The van der Waals surface area contributed by atoms with Crippen molar-refractivity contribution in [3.8, 4) is 10.6 Å². The maximum absolute atomic E-state index is 12.2. The van der Waals surface area contributed by atoms with Gasteiger partial charge in [0.1, 0.15) is 16.6 Å². The molecule has 0 radical (unpaired) electrons. The molecule has 0 atom stereocenters. The number of carbonyl (C=O) groups is 1. The van der Waals surface area contributed by atoms with Crippen molar-refractivity contribution in [2.24, 2.45) is 0 Å². The summed E-state index contributed by atoms with van der Waals surface area (Å²) in [5.74, 6) is 0.548. The number of benzene rings is 2. The van der Waals surface area contributed by atoms with Crippen LogP contribution in [0.1, 0.15) is 5.56 Å². The number of thiazole rings is 1. The molecule has 2 aromatic carbocycles. The molecule has 0 aliphatic rings. The lowest BCUT2D eigenvalue weighted by Gasteiger charge is -2.06. The molecule has 29 heavy (non-hydrogen) atoms. The number of rotatable bonds is 5. The zero-order valence-corrected chi connectivity index (χ0v) is 17.2. The second-order valence-electron chi connectivity index (χ2n) is 6.40. The third-order valence-electron chi connectivity index (χ3n) is 4.04. The maximum Gasteiger partial charge on any atom is 0.234 e. The molecule has 0 aliphatic carbocycles. The monoisotopic (exact) mass is 422 g/mol. The third kappa shape index (κ3) is 4.64. The Kier molecular flexibility index (Phi) is 5.32. The van der Waals surface area contributed by atoms with E-state index < -0.39 is 0 Å². The van der Waals surface area contributed by atoms with Crippen molar-refractivity contribution in [2.45, 2.75) is 12.1 Å². The number of hydrogen-bond acceptors (Lipinski definition) is 8. The molecule has 0 unspecified atom stereocenters. The van der Waals surface area contributed by atoms with Gasteiger partial charge in [0.2, 0.25) is 5.91 Å². The fraction of sp³-hybridized carbons (Fsp3) is 0.100. The van der Waals surface area contributed by atoms with E-state index in [2.05, 4.69) is 39.3 Å². The fourth-order valence-corrected chi connectivity index (χ4v) is 4.45. The summed E-state index contributed by atoms with van der Waals surface area (Å²) < 4.78 is 1.17. The number of nitrogens with one attached hydrogen (secondary N) is 1. The Balaban J connectivity index is 1.40. The van der Waals surface area contributed by atoms with Gasteiger partial charge in [-0.15, -0.1) is 11.3 Å². The fourth-order valence-electron chi connectivity index (χ4n) is 2.71. The van der Waals surface area contributed by atoms with Crippen LogP contribution in [0.4, 0.5) is 17.3 Å². The Bertz CT molecular complexity index is 1170. The Morgan fingerprint density at radius 1 is 1.03 bits per heavy atom. The number of nitrogens with two attached hydrogens (primary N) is 2. The van der Waals surface area contributed by atoms with Gasteiger partial charge < -0.3 is 16.8 Å². The Labute approximate surface area is 175 Å². The molecule has 1 amide bonds. The zero-order chi connectivity index (χ0) is 20.4. The van der Waals surface area contributed by atoms with Crippen LogP contribution in [0.25, 0.3) is 20.8 Å². The number of fused-ring (bicyclic) bond motifs is 1. The SMILES string of the molecule is Cc1ccc2nc(-c3ccc(NC(=O)CSc4nc(N)cc(N)n4)cc3)sc2c1. The topological polar surface area (TPSA) is 120 Å². The van der Waals surface area contributed by atoms with Crippen molar-refractivity contribution in [3.05, 3.63) is 54.1 Å². The minimum Gasteiger partial charge on any atom is -0.383 e. The van der Waals surface area contributed by atoms with Gasteiger partial charge in [0.15, 0.2) is 5.16 Å². The standard InChI is InChI=1S/C20H18N6OS2/c1-11-2-7-14-15(8-11)29-19(24-14)12-3-5-13(6-4-12)23-18(27)10-28-20-25-16(21)9-17(22)26-20/h2-9H,10H2,1H3,(H,23,27)(H4,21,22,25,26). The largest absolute Gasteiger partial charge is 0.383 e. The van der Waals surface area contributed by atoms with Crippen molar-refractivity contribution in [3.63, 3.8) is 0 Å². The number of aryl methyl sites for hydroxylation is 1. The van der Waals surface area contributed by atoms with Crippen LogP contribution in [0.15, 0.2) is 53.7 Å². The molecule has 9 heteroatoms. The molecular weight excluding hydrogens is 404 g/mol. The summed E-state index contributed by atoms with van der Waals surface area (Å²) in [6, 6.07) is 15.3. The summed E-state index contributed by atoms with van der Waals surface area (Å²) >= 11 is 2.83. The molecule has 7 nitrogen and oxygen atoms in total. The summed E-state index contributed by atoms with van der Waals surface area (Å²) in [4.78, 5) is 25.0. The first-order valence-corrected chi connectivity index (χ1v) is 10.6. The summed E-state index contributed by atoms with van der Waals surface area (Å²) in [6.45, 7) is 2.07. The lowest BCUT2D eigenvalue weighted by atomic mass is 10.2. The molecule has 0 aliphatic heterocycles. The lowest BCUT2D eigenvalue weighted by molar-refractivity contribution is -0.113. The Hall–Kier alpha value is -3.17. The van der Waals surface area contributed by atoms with Crippen LogP contribution in [0.5, 0.6) is 0 Å². The summed E-state index contributed by atoms with van der Waals surface area (Å²) in [5.41, 5.74) is 15.2. The van der Waals surface area contributed by atoms with Gasteiger partial charge in [-0.25, -0.2) is 15.0 Å². The van der Waals surface area contributed by atoms with E-state index in [1.807, 2.05) is 30.3 Å². The highest BCUT2D eigenvalue weighted by Crippen LogP contribution is 2.31. The van der Waals surface area contributed by atoms with Gasteiger partial charge >= 0.3 is 0 Å². The van der Waals surface area contributed by atoms with Crippen LogP contribution >= 0.6 is 23.1 Å². The van der Waals surface area contributed by atoms with Crippen LogP contribution < -0.4 is 16.8 Å². The zero-order valence-electron chi connectivity index (χ0n) is 15.5. The van der Waals surface area contributed by atoms with Crippen molar-refractivity contribution in [1.29, 1.82) is 0 Å². The van der Waals surface area contributed by atoms with Gasteiger partial charge in [0.25, 0.3) is 0 Å². The van der Waals surface area contributed by atoms with Crippen molar-refractivity contribution >= 4 is 56.5 Å². The summed E-state index contributed by atoms with van der Waals surface area (Å²) in [7, 11) is 0. The van der Waals surface area contributed by atoms with Crippen molar-refractivity contribution in [2.75, 3.05) is 22.5 Å². The highest BCUT2D eigenvalue weighted by atomic mass is 32.2. The van der Waals surface area contributed by atoms with E-state index in [0.29, 0.717) is 10.8 Å². The predicted octanol–water partition coefficient (Wildman–Crippen LogP) is 3.96. The molecule has 0 fully saturated rings. The average Bonchev–Trinajstić information content (AvgIpc) is 3.09. The number of anilines is 3. The van der Waals surface area contributed by atoms with E-state index in [9.17, 15) is 4.79 Å². The van der Waals surface area contributed by atoms with Gasteiger partial charge in [-0.3, -0.25) is 4.79 Å². The first-order chi connectivity index (χ1) is 14.0. The van der Waals surface area contributed by atoms with E-state index in [-0.39, 0.29) is 23.3 Å². The molecule has 2 aromatic heterocycles. The number of thioether (sulfide) groups is 1. The quantitative estimate of drug-likeness (QED) is 0.329. The molecule has 0 saturated heterocycles. The number of amides is 1. The number of nitrogen functional groups attached to an aromatic ring is 2. The molecule has 5 N–H and O–H groups in total. The number of carbonyl (C=O) groups excluding carboxylic acids is 1. The first-order valence-electron chi connectivity index (χ1n) is 8.76. The smallest absolute Gasteiger partial charge is 0.234 e. The van der Waals surface area contributed by atoms with Crippen LogP contribution in [0.3, 0.4) is 0 Å². The van der Waals surface area contributed by atoms with Gasteiger partial charge in [0.05, 0.1) is 16.0 Å². The molecule has 146 valence electrons. The molecule has 0 spiro atoms. The molecule has 4 aromatic rings. The van der Waals surface area contributed by atoms with E-state index >= 15 is 0 Å². The van der Waals surface area contributed by atoms with E-state index in [1.165, 1.54) is 28.1 Å². The highest BCUT2D eigenvalue weighted by molar-refractivity contribution is 7.99. The second-order valence-corrected chi connectivity index (χ2v) is 8.38. The van der Waals surface area contributed by atoms with Crippen molar-refractivity contribution in [1.82, 2.24) is 15.0 Å². The number of aromatic nitrogens is 3. The molecular formula is C20H18N6OS2. The number of nitrogens with zero attached hydrogens (tertiary/aromatic N) is 3. The Morgan fingerprint density at radius 2 is 1.76 bits per heavy atom. The van der Waals surface area contributed by atoms with E-state index in [0.717, 1.165) is 16.1 Å². The van der Waals surface area contributed by atoms with Crippen LogP contribution in [0.2, 0.25) is 0 Å². The molecule has 2 heterocycles. The van der Waals surface area contributed by atoms with Gasteiger partial charge in [-0.1, -0.05) is 17.8 Å². The molecule has 0 bridgehead atoms. The second kappa shape index (κ2) is 8.06. The normalized spacial score (nSPS) is 10.9. The van der Waals surface area contributed by atoms with Gasteiger partial charge in [-0.05, 0) is 48.9 Å². The van der Waals surface area contributed by atoms with E-state index in [4.69, 9.17) is 11.5 Å². The molecule has 0 saturated carbocycles. The molecule has 4 rings (SSSR count). The van der Waals surface area contributed by atoms with Crippen LogP contribution in [-0.4, -0.2) is 26.6 Å². The van der Waals surface area contributed by atoms with Crippen molar-refractivity contribution < 1.29 is 4.79 Å². The van der Waals surface area contributed by atoms with Gasteiger partial charge in [-0.2, -0.15) is 0 Å². The summed E-state index contributed by atoms with van der Waals surface area (Å²) in [5, 5.41) is 4.19. The third-order valence-corrected chi connectivity index (χ3v) is 5.95. The van der Waals surface area contributed by atoms with Crippen LogP contribution in [-0.2, 0) is 4.79 Å². The minimum absolute atomic E-state index is 0.155. The highest BCUT2D eigenvalue weighted by Gasteiger charge is 2.09. The first kappa shape index (κ1) is 19.2. The van der Waals surface area contributed by atoms with E-state index in [1.54, 1.807) is 11.3 Å². The van der Waals surface area contributed by atoms with Crippen LogP contribution in [0, 0.1) is 6.92 Å². The van der Waals surface area contributed by atoms with Gasteiger partial charge in [0, 0.05) is 17.3 Å². The average molecular weight is 423 g/mol. The minimum atomic E-state index is -0.164. The maximum atomic E-state index is 12.2. The predicted molar refractivity (Wildman–Crippen MR) is 120 cm³/mol. The Morgan fingerprint density at radius 3 is 2.48 bits per heavy atom. The lowest BCUT2D eigenvalue weighted by Crippen LogP contribution is -2.14. The summed E-state index contributed by atoms with van der Waals surface area (Å²) in [6.07, 6.45) is 0.